The molecule has 1 saturated carbocycles. The van der Waals surface area contributed by atoms with Gasteiger partial charge in [0.15, 0.2) is 11.5 Å². The molecule has 0 spiro atoms. The zero-order chi connectivity index (χ0) is 14.0. The van der Waals surface area contributed by atoms with Crippen LogP contribution in [0.4, 0.5) is 5.69 Å². The number of nitrogens with one attached hydrogen (secondary N) is 1. The van der Waals surface area contributed by atoms with Crippen molar-refractivity contribution < 1.29 is 9.47 Å². The van der Waals surface area contributed by atoms with E-state index in [1.54, 1.807) is 0 Å². The highest BCUT2D eigenvalue weighted by atomic mass is 16.6. The Hall–Kier alpha value is -1.38. The fraction of sp³-hybridized carbons (Fsp3) is 0.647. The van der Waals surface area contributed by atoms with E-state index in [4.69, 9.17) is 9.47 Å². The van der Waals surface area contributed by atoms with Crippen LogP contribution in [0.15, 0.2) is 18.2 Å². The van der Waals surface area contributed by atoms with Crippen LogP contribution >= 0.6 is 0 Å². The van der Waals surface area contributed by atoms with Crippen LogP contribution in [-0.2, 0) is 0 Å². The molecule has 20 heavy (non-hydrogen) atoms. The number of anilines is 1. The molecule has 1 atom stereocenters. The van der Waals surface area contributed by atoms with Gasteiger partial charge in [-0.3, -0.25) is 0 Å². The number of ether oxygens (including phenoxy) is 2. The van der Waals surface area contributed by atoms with Gasteiger partial charge in [-0.2, -0.15) is 0 Å². The maximum absolute atomic E-state index is 5.65. The van der Waals surface area contributed by atoms with Crippen LogP contribution in [0.25, 0.3) is 0 Å². The summed E-state index contributed by atoms with van der Waals surface area (Å²) in [7, 11) is 0. The van der Waals surface area contributed by atoms with E-state index in [2.05, 4.69) is 31.3 Å². The van der Waals surface area contributed by atoms with Crippen LogP contribution < -0.4 is 14.8 Å². The molecule has 110 valence electrons. The summed E-state index contributed by atoms with van der Waals surface area (Å²) in [6, 6.07) is 6.77. The molecule has 2 aliphatic rings. The van der Waals surface area contributed by atoms with E-state index >= 15 is 0 Å². The van der Waals surface area contributed by atoms with Crippen molar-refractivity contribution in [2.75, 3.05) is 18.5 Å². The third-order valence-corrected chi connectivity index (χ3v) is 4.49. The minimum Gasteiger partial charge on any atom is -0.486 e. The Morgan fingerprint density at radius 2 is 1.85 bits per heavy atom. The molecule has 3 heteroatoms. The van der Waals surface area contributed by atoms with E-state index in [0.29, 0.717) is 24.7 Å². The first-order chi connectivity index (χ1) is 9.62. The standard InChI is InChI=1S/C17H25NO2/c1-17(2)8-3-4-13(7-9-17)18-14-5-6-15-16(12-14)20-11-10-19-15/h5-6,12-13,18H,3-4,7-11H2,1-2H3. The van der Waals surface area contributed by atoms with Crippen molar-refractivity contribution in [1.82, 2.24) is 0 Å². The van der Waals surface area contributed by atoms with Gasteiger partial charge in [0.2, 0.25) is 0 Å². The fourth-order valence-corrected chi connectivity index (χ4v) is 3.17. The predicted molar refractivity (Wildman–Crippen MR) is 81.7 cm³/mol. The Morgan fingerprint density at radius 1 is 1.05 bits per heavy atom. The molecule has 1 aliphatic heterocycles. The van der Waals surface area contributed by atoms with E-state index in [1.807, 2.05) is 6.07 Å². The number of fused-ring (bicyclic) bond motifs is 1. The number of rotatable bonds is 2. The monoisotopic (exact) mass is 275 g/mol. The largest absolute Gasteiger partial charge is 0.486 e. The Labute approximate surface area is 121 Å². The summed E-state index contributed by atoms with van der Waals surface area (Å²) in [5.41, 5.74) is 1.66. The third-order valence-electron chi connectivity index (χ3n) is 4.49. The molecule has 1 heterocycles. The van der Waals surface area contributed by atoms with Gasteiger partial charge in [-0.1, -0.05) is 20.3 Å². The van der Waals surface area contributed by atoms with Gasteiger partial charge in [0.1, 0.15) is 13.2 Å². The first-order valence-corrected chi connectivity index (χ1v) is 7.79. The van der Waals surface area contributed by atoms with Crippen LogP contribution in [0, 0.1) is 5.41 Å². The average Bonchev–Trinajstić information content (AvgIpc) is 2.60. The van der Waals surface area contributed by atoms with Gasteiger partial charge in [-0.15, -0.1) is 0 Å². The molecule has 0 saturated heterocycles. The van der Waals surface area contributed by atoms with Crippen LogP contribution in [0.5, 0.6) is 11.5 Å². The Kier molecular flexibility index (Phi) is 3.77. The van der Waals surface area contributed by atoms with Crippen molar-refractivity contribution in [1.29, 1.82) is 0 Å². The number of hydrogen-bond donors (Lipinski definition) is 1. The van der Waals surface area contributed by atoms with E-state index in [1.165, 1.54) is 32.1 Å². The lowest BCUT2D eigenvalue weighted by atomic mass is 9.85. The lowest BCUT2D eigenvalue weighted by Gasteiger charge is -2.23. The molecule has 0 radical (unpaired) electrons. The summed E-state index contributed by atoms with van der Waals surface area (Å²) in [6.45, 7) is 6.07. The Morgan fingerprint density at radius 3 is 2.70 bits per heavy atom. The molecule has 1 aromatic carbocycles. The quantitative estimate of drug-likeness (QED) is 0.819. The molecular formula is C17H25NO2. The molecule has 0 amide bonds. The second-order valence-corrected chi connectivity index (χ2v) is 6.79. The van der Waals surface area contributed by atoms with Crippen molar-refractivity contribution in [2.45, 2.75) is 52.0 Å². The molecule has 1 aromatic rings. The minimum absolute atomic E-state index is 0.503. The molecular weight excluding hydrogens is 250 g/mol. The van der Waals surface area contributed by atoms with E-state index in [9.17, 15) is 0 Å². The van der Waals surface area contributed by atoms with Crippen LogP contribution in [0.2, 0.25) is 0 Å². The second kappa shape index (κ2) is 5.55. The van der Waals surface area contributed by atoms with Crippen molar-refractivity contribution >= 4 is 5.69 Å². The van der Waals surface area contributed by atoms with Crippen molar-refractivity contribution in [2.24, 2.45) is 5.41 Å². The van der Waals surface area contributed by atoms with Gasteiger partial charge >= 0.3 is 0 Å². The van der Waals surface area contributed by atoms with E-state index in [-0.39, 0.29) is 0 Å². The topological polar surface area (TPSA) is 30.5 Å². The molecule has 0 aromatic heterocycles. The first kappa shape index (κ1) is 13.6. The molecule has 1 N–H and O–H groups in total. The second-order valence-electron chi connectivity index (χ2n) is 6.79. The number of benzene rings is 1. The summed E-state index contributed by atoms with van der Waals surface area (Å²) in [5, 5.41) is 3.67. The van der Waals surface area contributed by atoms with Crippen LogP contribution in [0.3, 0.4) is 0 Å². The smallest absolute Gasteiger partial charge is 0.163 e. The lowest BCUT2D eigenvalue weighted by molar-refractivity contribution is 0.171. The van der Waals surface area contributed by atoms with Gasteiger partial charge in [0.25, 0.3) is 0 Å². The first-order valence-electron chi connectivity index (χ1n) is 7.79. The average molecular weight is 275 g/mol. The van der Waals surface area contributed by atoms with Crippen LogP contribution in [0.1, 0.15) is 46.0 Å². The Balaban J connectivity index is 1.65. The predicted octanol–water partition coefficient (Wildman–Crippen LogP) is 4.23. The SMILES string of the molecule is CC1(C)CCCC(Nc2ccc3c(c2)OCCO3)CC1. The highest BCUT2D eigenvalue weighted by Crippen LogP contribution is 2.36. The number of hydrogen-bond acceptors (Lipinski definition) is 3. The van der Waals surface area contributed by atoms with Gasteiger partial charge in [-0.25, -0.2) is 0 Å². The van der Waals surface area contributed by atoms with Gasteiger partial charge < -0.3 is 14.8 Å². The molecule has 3 rings (SSSR count). The molecule has 1 fully saturated rings. The van der Waals surface area contributed by atoms with Gasteiger partial charge in [0, 0.05) is 17.8 Å². The van der Waals surface area contributed by atoms with Gasteiger partial charge in [0.05, 0.1) is 0 Å². The van der Waals surface area contributed by atoms with Crippen LogP contribution in [-0.4, -0.2) is 19.3 Å². The Bertz CT molecular complexity index is 470. The van der Waals surface area contributed by atoms with E-state index in [0.717, 1.165) is 17.2 Å². The fourth-order valence-electron chi connectivity index (χ4n) is 3.17. The zero-order valence-corrected chi connectivity index (χ0v) is 12.6. The molecule has 0 bridgehead atoms. The minimum atomic E-state index is 0.503. The summed E-state index contributed by atoms with van der Waals surface area (Å²) < 4.78 is 11.2. The molecule has 1 aliphatic carbocycles. The van der Waals surface area contributed by atoms with Crippen molar-refractivity contribution in [3.05, 3.63) is 18.2 Å². The van der Waals surface area contributed by atoms with Gasteiger partial charge in [-0.05, 0) is 43.2 Å². The van der Waals surface area contributed by atoms with Crippen molar-refractivity contribution in [3.63, 3.8) is 0 Å². The summed E-state index contributed by atoms with van der Waals surface area (Å²) in [6.07, 6.45) is 6.47. The summed E-state index contributed by atoms with van der Waals surface area (Å²) in [4.78, 5) is 0. The maximum atomic E-state index is 5.65. The zero-order valence-electron chi connectivity index (χ0n) is 12.6. The molecule has 3 nitrogen and oxygen atoms in total. The highest BCUT2D eigenvalue weighted by molar-refractivity contribution is 5.55. The maximum Gasteiger partial charge on any atom is 0.163 e. The third kappa shape index (κ3) is 3.20. The molecule has 1 unspecified atom stereocenters. The van der Waals surface area contributed by atoms with Crippen molar-refractivity contribution in [3.8, 4) is 11.5 Å². The summed E-state index contributed by atoms with van der Waals surface area (Å²) >= 11 is 0. The lowest BCUT2D eigenvalue weighted by Crippen LogP contribution is -2.20. The van der Waals surface area contributed by atoms with E-state index < -0.39 is 0 Å². The summed E-state index contributed by atoms with van der Waals surface area (Å²) in [5.74, 6) is 1.74. The normalized spacial score (nSPS) is 24.8. The highest BCUT2D eigenvalue weighted by Gasteiger charge is 2.24.